The molecule has 0 saturated carbocycles. The van der Waals surface area contributed by atoms with Crippen molar-refractivity contribution >= 4 is 29.3 Å². The summed E-state index contributed by atoms with van der Waals surface area (Å²) in [5.41, 5.74) is 8.60. The molecule has 3 heterocycles. The van der Waals surface area contributed by atoms with E-state index >= 15 is 0 Å². The average molecular weight is 386 g/mol. The fourth-order valence-electron chi connectivity index (χ4n) is 3.22. The molecule has 2 aromatic heterocycles. The molecule has 1 atom stereocenters. The number of nitrogen functional groups attached to an aromatic ring is 1. The first-order valence-corrected chi connectivity index (χ1v) is 8.61. The fraction of sp³-hybridized carbons (Fsp3) is 0.389. The normalized spacial score (nSPS) is 15.6. The van der Waals surface area contributed by atoms with Crippen LogP contribution in [0.4, 0.5) is 17.5 Å². The second-order valence-electron chi connectivity index (χ2n) is 6.42. The topological polar surface area (TPSA) is 133 Å². The lowest BCUT2D eigenvalue weighted by molar-refractivity contribution is -0.142. The van der Waals surface area contributed by atoms with E-state index in [-0.39, 0.29) is 24.8 Å². The summed E-state index contributed by atoms with van der Waals surface area (Å²) in [5.74, 6) is 0.327. The van der Waals surface area contributed by atoms with Crippen LogP contribution in [0.1, 0.15) is 23.2 Å². The molecule has 0 saturated heterocycles. The third-order valence-electron chi connectivity index (χ3n) is 4.65. The Balaban J connectivity index is 2.07. The number of nitrogens with zero attached hydrogens (tertiary/aromatic N) is 4. The van der Waals surface area contributed by atoms with Gasteiger partial charge in [0.15, 0.2) is 5.82 Å². The molecule has 3 rings (SSSR count). The molecule has 0 bridgehead atoms. The maximum Gasteiger partial charge on any atom is 0.308 e. The quantitative estimate of drug-likeness (QED) is 0.721. The maximum absolute atomic E-state index is 12.7. The number of rotatable bonds is 5. The van der Waals surface area contributed by atoms with Crippen molar-refractivity contribution in [3.8, 4) is 5.75 Å². The Labute approximate surface area is 162 Å². The Morgan fingerprint density at radius 3 is 2.71 bits per heavy atom. The number of carbonyl (C=O) groups is 2. The number of anilines is 3. The van der Waals surface area contributed by atoms with E-state index in [0.29, 0.717) is 17.2 Å². The minimum Gasteiger partial charge on any atom is -0.496 e. The Hall–Kier alpha value is -3.43. The highest BCUT2D eigenvalue weighted by Crippen LogP contribution is 2.34. The van der Waals surface area contributed by atoms with Gasteiger partial charge < -0.3 is 25.4 Å². The molecule has 148 valence electrons. The van der Waals surface area contributed by atoms with Crippen LogP contribution in [-0.2, 0) is 20.9 Å². The van der Waals surface area contributed by atoms with Gasteiger partial charge in [-0.05, 0) is 13.8 Å². The summed E-state index contributed by atoms with van der Waals surface area (Å²) >= 11 is 0. The molecule has 0 fully saturated rings. The van der Waals surface area contributed by atoms with E-state index in [4.69, 9.17) is 15.2 Å². The smallest absolute Gasteiger partial charge is 0.308 e. The summed E-state index contributed by atoms with van der Waals surface area (Å²) in [6.45, 7) is 4.02. The Morgan fingerprint density at radius 2 is 2.04 bits per heavy atom. The Kier molecular flexibility index (Phi) is 5.30. The molecule has 10 nitrogen and oxygen atoms in total. The van der Waals surface area contributed by atoms with Crippen LogP contribution in [0.25, 0.3) is 0 Å². The van der Waals surface area contributed by atoms with Crippen molar-refractivity contribution in [1.82, 2.24) is 15.0 Å². The third-order valence-corrected chi connectivity index (χ3v) is 4.65. The molecule has 2 aromatic rings. The van der Waals surface area contributed by atoms with Gasteiger partial charge in [0.2, 0.25) is 11.9 Å². The van der Waals surface area contributed by atoms with Crippen LogP contribution in [0.15, 0.2) is 12.4 Å². The molecule has 0 unspecified atom stereocenters. The van der Waals surface area contributed by atoms with E-state index < -0.39 is 12.0 Å². The van der Waals surface area contributed by atoms with Crippen molar-refractivity contribution in [3.63, 3.8) is 0 Å². The lowest BCUT2D eigenvalue weighted by atomic mass is 10.1. The molecule has 0 spiro atoms. The number of nitrogens with one attached hydrogen (secondary N) is 1. The summed E-state index contributed by atoms with van der Waals surface area (Å²) in [5, 5.41) is 2.71. The maximum atomic E-state index is 12.7. The number of hydrogen-bond donors (Lipinski definition) is 2. The van der Waals surface area contributed by atoms with Crippen LogP contribution >= 0.6 is 0 Å². The first-order valence-electron chi connectivity index (χ1n) is 8.61. The van der Waals surface area contributed by atoms with Crippen LogP contribution < -0.4 is 20.7 Å². The zero-order valence-corrected chi connectivity index (χ0v) is 16.1. The van der Waals surface area contributed by atoms with Gasteiger partial charge in [-0.1, -0.05) is 0 Å². The molecule has 3 N–H and O–H groups in total. The number of methoxy groups -OCH3 is 2. The molecule has 1 aliphatic heterocycles. The molecule has 0 radical (unpaired) electrons. The number of aryl methyl sites for hydroxylation is 1. The number of ether oxygens (including phenoxy) is 2. The lowest BCUT2D eigenvalue weighted by Crippen LogP contribution is -2.49. The zero-order chi connectivity index (χ0) is 20.4. The first-order chi connectivity index (χ1) is 13.3. The number of hydrogen-bond acceptors (Lipinski definition) is 9. The molecule has 0 aliphatic carbocycles. The number of carbonyl (C=O) groups excluding carboxylic acids is 2. The molecule has 1 aliphatic rings. The summed E-state index contributed by atoms with van der Waals surface area (Å²) in [6, 6.07) is -0.831. The summed E-state index contributed by atoms with van der Waals surface area (Å²) < 4.78 is 10.2. The van der Waals surface area contributed by atoms with E-state index in [1.54, 1.807) is 18.2 Å². The van der Waals surface area contributed by atoms with E-state index in [0.717, 1.165) is 16.9 Å². The molecule has 28 heavy (non-hydrogen) atoms. The standard InChI is InChI=1S/C18H22N6O4/c1-9-6-20-12(10(2)15(9)28-4)8-24-13(5-14(25)27-3)17(26)22-11-7-21-18(19)23-16(11)24/h6-7,13H,5,8H2,1-4H3,(H,22,26)(H2,19,21,23)/t13-/m1/s1. The van der Waals surface area contributed by atoms with Crippen LogP contribution in [0, 0.1) is 13.8 Å². The van der Waals surface area contributed by atoms with Crippen LogP contribution in [0.3, 0.4) is 0 Å². The minimum absolute atomic E-state index is 0.0582. The van der Waals surface area contributed by atoms with Crippen molar-refractivity contribution in [2.45, 2.75) is 32.9 Å². The zero-order valence-electron chi connectivity index (χ0n) is 16.1. The average Bonchev–Trinajstić information content (AvgIpc) is 2.67. The number of pyridine rings is 1. The summed E-state index contributed by atoms with van der Waals surface area (Å²) in [7, 11) is 2.87. The molecular weight excluding hydrogens is 364 g/mol. The Morgan fingerprint density at radius 1 is 1.29 bits per heavy atom. The summed E-state index contributed by atoms with van der Waals surface area (Å²) in [6.07, 6.45) is 3.00. The lowest BCUT2D eigenvalue weighted by Gasteiger charge is -2.36. The van der Waals surface area contributed by atoms with E-state index in [1.807, 2.05) is 13.8 Å². The second kappa shape index (κ2) is 7.67. The predicted octanol–water partition coefficient (Wildman–Crippen LogP) is 0.970. The van der Waals surface area contributed by atoms with Gasteiger partial charge in [-0.15, -0.1) is 0 Å². The largest absolute Gasteiger partial charge is 0.496 e. The molecule has 1 amide bonds. The highest BCUT2D eigenvalue weighted by atomic mass is 16.5. The van der Waals surface area contributed by atoms with Gasteiger partial charge in [0.1, 0.15) is 17.5 Å². The van der Waals surface area contributed by atoms with Crippen molar-refractivity contribution in [2.24, 2.45) is 0 Å². The van der Waals surface area contributed by atoms with Gasteiger partial charge in [0, 0.05) is 17.3 Å². The van der Waals surface area contributed by atoms with Gasteiger partial charge in [-0.25, -0.2) is 4.98 Å². The SMILES string of the molecule is COC(=O)C[C@@H]1C(=O)Nc2cnc(N)nc2N1Cc1ncc(C)c(OC)c1C. The second-order valence-corrected chi connectivity index (χ2v) is 6.42. The minimum atomic E-state index is -0.831. The molecule has 0 aromatic carbocycles. The van der Waals surface area contributed by atoms with Gasteiger partial charge >= 0.3 is 5.97 Å². The first kappa shape index (κ1) is 19.3. The van der Waals surface area contributed by atoms with E-state index in [1.165, 1.54) is 13.3 Å². The number of esters is 1. The number of amides is 1. The van der Waals surface area contributed by atoms with Crippen molar-refractivity contribution in [3.05, 3.63) is 29.2 Å². The number of nitrogens with two attached hydrogens (primary N) is 1. The van der Waals surface area contributed by atoms with Gasteiger partial charge in [-0.2, -0.15) is 4.98 Å². The van der Waals surface area contributed by atoms with Crippen molar-refractivity contribution in [1.29, 1.82) is 0 Å². The molecule has 10 heteroatoms. The highest BCUT2D eigenvalue weighted by Gasteiger charge is 2.37. The fourth-order valence-corrected chi connectivity index (χ4v) is 3.22. The van der Waals surface area contributed by atoms with Crippen molar-refractivity contribution < 1.29 is 19.1 Å². The predicted molar refractivity (Wildman–Crippen MR) is 102 cm³/mol. The van der Waals surface area contributed by atoms with Gasteiger partial charge in [0.25, 0.3) is 0 Å². The monoisotopic (exact) mass is 386 g/mol. The Bertz CT molecular complexity index is 933. The highest BCUT2D eigenvalue weighted by molar-refractivity contribution is 6.04. The van der Waals surface area contributed by atoms with Gasteiger partial charge in [-0.3, -0.25) is 14.6 Å². The van der Waals surface area contributed by atoms with Crippen LogP contribution in [0.5, 0.6) is 5.75 Å². The van der Waals surface area contributed by atoms with Crippen molar-refractivity contribution in [2.75, 3.05) is 30.2 Å². The van der Waals surface area contributed by atoms with E-state index in [9.17, 15) is 9.59 Å². The van der Waals surface area contributed by atoms with Crippen LogP contribution in [0.2, 0.25) is 0 Å². The van der Waals surface area contributed by atoms with E-state index in [2.05, 4.69) is 20.3 Å². The van der Waals surface area contributed by atoms with Gasteiger partial charge in [0.05, 0.1) is 39.1 Å². The number of fused-ring (bicyclic) bond motifs is 1. The summed E-state index contributed by atoms with van der Waals surface area (Å²) in [4.78, 5) is 38.9. The molecular formula is C18H22N6O4. The van der Waals surface area contributed by atoms with Crippen LogP contribution in [-0.4, -0.2) is 47.1 Å². The number of aromatic nitrogens is 3. The third kappa shape index (κ3) is 3.53.